The van der Waals surface area contributed by atoms with Crippen molar-refractivity contribution in [1.29, 1.82) is 0 Å². The molecular weight excluding hydrogens is 280 g/mol. The topological polar surface area (TPSA) is 71.3 Å². The number of ether oxygens (including phenoxy) is 1. The van der Waals surface area contributed by atoms with Gasteiger partial charge in [-0.05, 0) is 23.8 Å². The maximum atomic E-state index is 10.4. The molecule has 6 nitrogen and oxygen atoms in total. The van der Waals surface area contributed by atoms with E-state index in [1.54, 1.807) is 6.20 Å². The summed E-state index contributed by atoms with van der Waals surface area (Å²) < 4.78 is 7.24. The van der Waals surface area contributed by atoms with E-state index in [0.29, 0.717) is 32.8 Å². The van der Waals surface area contributed by atoms with Crippen molar-refractivity contribution in [2.75, 3.05) is 32.8 Å². The van der Waals surface area contributed by atoms with Crippen molar-refractivity contribution < 1.29 is 9.84 Å². The molecule has 3 N–H and O–H groups in total. The van der Waals surface area contributed by atoms with E-state index in [9.17, 15) is 5.11 Å². The summed E-state index contributed by atoms with van der Waals surface area (Å²) in [6.07, 6.45) is 3.68. The predicted octanol–water partition coefficient (Wildman–Crippen LogP) is 0.313. The van der Waals surface area contributed by atoms with Crippen LogP contribution in [0.3, 0.4) is 0 Å². The summed E-state index contributed by atoms with van der Waals surface area (Å²) in [6.45, 7) is 3.57. The van der Waals surface area contributed by atoms with Crippen LogP contribution in [0.1, 0.15) is 5.56 Å². The fourth-order valence-electron chi connectivity index (χ4n) is 2.52. The summed E-state index contributed by atoms with van der Waals surface area (Å²) in [5.74, 6) is 0. The quantitative estimate of drug-likeness (QED) is 0.742. The molecule has 0 bridgehead atoms. The largest absolute Gasteiger partial charge is 0.385 e. The molecule has 3 rings (SSSR count). The van der Waals surface area contributed by atoms with Gasteiger partial charge >= 0.3 is 0 Å². The van der Waals surface area contributed by atoms with Crippen LogP contribution >= 0.6 is 0 Å². The molecule has 1 aromatic carbocycles. The van der Waals surface area contributed by atoms with E-state index < -0.39 is 5.60 Å². The third kappa shape index (κ3) is 3.92. The van der Waals surface area contributed by atoms with Gasteiger partial charge in [0.05, 0.1) is 18.9 Å². The van der Waals surface area contributed by atoms with Crippen LogP contribution in [-0.4, -0.2) is 53.3 Å². The van der Waals surface area contributed by atoms with Gasteiger partial charge in [0.25, 0.3) is 0 Å². The molecule has 1 atom stereocenters. The van der Waals surface area contributed by atoms with Crippen LogP contribution in [0.15, 0.2) is 42.7 Å². The highest BCUT2D eigenvalue weighted by atomic mass is 16.5. The Morgan fingerprint density at radius 1 is 1.36 bits per heavy atom. The van der Waals surface area contributed by atoms with Crippen LogP contribution in [0.4, 0.5) is 0 Å². The van der Waals surface area contributed by atoms with E-state index in [4.69, 9.17) is 4.74 Å². The number of aromatic nitrogens is 2. The summed E-state index contributed by atoms with van der Waals surface area (Å²) >= 11 is 0. The average molecular weight is 302 g/mol. The van der Waals surface area contributed by atoms with Gasteiger partial charge in [0, 0.05) is 38.6 Å². The van der Waals surface area contributed by atoms with E-state index in [-0.39, 0.29) is 0 Å². The van der Waals surface area contributed by atoms with Gasteiger partial charge in [-0.25, -0.2) is 4.68 Å². The Hall–Kier alpha value is -1.73. The molecular formula is C16H22N4O2. The third-order valence-corrected chi connectivity index (χ3v) is 3.74. The van der Waals surface area contributed by atoms with Gasteiger partial charge in [0.15, 0.2) is 0 Å². The molecule has 0 aliphatic carbocycles. The van der Waals surface area contributed by atoms with Crippen molar-refractivity contribution in [2.24, 2.45) is 0 Å². The van der Waals surface area contributed by atoms with E-state index >= 15 is 0 Å². The second-order valence-corrected chi connectivity index (χ2v) is 5.67. The Bertz CT molecular complexity index is 560. The maximum Gasteiger partial charge on any atom is 0.113 e. The lowest BCUT2D eigenvalue weighted by molar-refractivity contribution is -0.0264. The van der Waals surface area contributed by atoms with Crippen molar-refractivity contribution in [2.45, 2.75) is 12.1 Å². The van der Waals surface area contributed by atoms with Crippen LogP contribution in [-0.2, 0) is 11.3 Å². The molecule has 0 saturated carbocycles. The Labute approximate surface area is 130 Å². The minimum Gasteiger partial charge on any atom is -0.385 e. The molecule has 1 aliphatic heterocycles. The molecule has 1 aromatic heterocycles. The van der Waals surface area contributed by atoms with Crippen LogP contribution in [0.25, 0.3) is 5.69 Å². The smallest absolute Gasteiger partial charge is 0.113 e. The molecule has 0 spiro atoms. The highest BCUT2D eigenvalue weighted by molar-refractivity contribution is 5.33. The molecule has 118 valence electrons. The maximum absolute atomic E-state index is 10.4. The summed E-state index contributed by atoms with van der Waals surface area (Å²) in [6, 6.07) is 10.1. The summed E-state index contributed by atoms with van der Waals surface area (Å²) in [4.78, 5) is 0. The monoisotopic (exact) mass is 302 g/mol. The molecule has 22 heavy (non-hydrogen) atoms. The molecule has 6 heteroatoms. The number of nitrogens with zero attached hydrogens (tertiary/aromatic N) is 2. The van der Waals surface area contributed by atoms with Crippen molar-refractivity contribution in [3.63, 3.8) is 0 Å². The first-order valence-electron chi connectivity index (χ1n) is 7.56. The van der Waals surface area contributed by atoms with E-state index in [0.717, 1.165) is 12.2 Å². The van der Waals surface area contributed by atoms with E-state index in [1.165, 1.54) is 5.56 Å². The second kappa shape index (κ2) is 7.02. The van der Waals surface area contributed by atoms with Crippen molar-refractivity contribution >= 4 is 0 Å². The molecule has 1 fully saturated rings. The Morgan fingerprint density at radius 3 is 3.00 bits per heavy atom. The zero-order valence-corrected chi connectivity index (χ0v) is 12.5. The first-order chi connectivity index (χ1) is 10.8. The van der Waals surface area contributed by atoms with Crippen LogP contribution in [0.2, 0.25) is 0 Å². The van der Waals surface area contributed by atoms with Gasteiger partial charge in [-0.15, -0.1) is 0 Å². The number of hydrogen-bond donors (Lipinski definition) is 3. The van der Waals surface area contributed by atoms with Crippen LogP contribution < -0.4 is 10.6 Å². The first kappa shape index (κ1) is 15.2. The lowest BCUT2D eigenvalue weighted by atomic mass is 10.1. The highest BCUT2D eigenvalue weighted by Gasteiger charge is 2.28. The fourth-order valence-corrected chi connectivity index (χ4v) is 2.52. The van der Waals surface area contributed by atoms with Gasteiger partial charge < -0.3 is 20.5 Å². The lowest BCUT2D eigenvalue weighted by Gasteiger charge is -2.26. The predicted molar refractivity (Wildman–Crippen MR) is 83.9 cm³/mol. The Balaban J connectivity index is 1.51. The molecule has 1 saturated heterocycles. The summed E-state index contributed by atoms with van der Waals surface area (Å²) in [5.41, 5.74) is 1.36. The minimum absolute atomic E-state index is 0.366. The molecule has 2 aromatic rings. The zero-order chi connectivity index (χ0) is 15.3. The van der Waals surface area contributed by atoms with Crippen molar-refractivity contribution in [3.05, 3.63) is 48.3 Å². The number of nitrogens with one attached hydrogen (secondary N) is 2. The van der Waals surface area contributed by atoms with Gasteiger partial charge in [-0.3, -0.25) is 0 Å². The molecule has 2 heterocycles. The first-order valence-corrected chi connectivity index (χ1v) is 7.56. The third-order valence-electron chi connectivity index (χ3n) is 3.74. The number of hydrogen-bond acceptors (Lipinski definition) is 5. The minimum atomic E-state index is -0.842. The number of benzene rings is 1. The zero-order valence-electron chi connectivity index (χ0n) is 12.5. The number of rotatable bonds is 5. The van der Waals surface area contributed by atoms with Crippen molar-refractivity contribution in [1.82, 2.24) is 20.4 Å². The molecule has 1 aliphatic rings. The van der Waals surface area contributed by atoms with Gasteiger partial charge in [-0.1, -0.05) is 12.1 Å². The highest BCUT2D eigenvalue weighted by Crippen LogP contribution is 2.10. The molecule has 0 amide bonds. The number of β-amino-alcohol motifs (C(OH)–C–C–N with tert-alkyl or cyclic N) is 1. The van der Waals surface area contributed by atoms with E-state index in [1.807, 2.05) is 29.1 Å². The van der Waals surface area contributed by atoms with Gasteiger partial charge in [-0.2, -0.15) is 5.10 Å². The SMILES string of the molecule is OC1(CNCc2ccc(-n3cccn3)cc2)CNCCOC1. The summed E-state index contributed by atoms with van der Waals surface area (Å²) in [5, 5.41) is 21.1. The summed E-state index contributed by atoms with van der Waals surface area (Å²) in [7, 11) is 0. The standard InChI is InChI=1S/C16H22N4O2/c21-16(11-17-7-9-22-13-16)12-18-10-14-2-4-15(5-3-14)20-8-1-6-19-20/h1-6,8,17-18,21H,7,9-13H2. The molecule has 1 unspecified atom stereocenters. The van der Waals surface area contributed by atoms with E-state index in [2.05, 4.69) is 27.9 Å². The average Bonchev–Trinajstić information content (AvgIpc) is 2.98. The Morgan fingerprint density at radius 2 is 2.23 bits per heavy atom. The number of aliphatic hydroxyl groups is 1. The molecule has 0 radical (unpaired) electrons. The Kier molecular flexibility index (Phi) is 4.84. The van der Waals surface area contributed by atoms with Gasteiger partial charge in [0.2, 0.25) is 0 Å². The fraction of sp³-hybridized carbons (Fsp3) is 0.438. The van der Waals surface area contributed by atoms with Crippen LogP contribution in [0, 0.1) is 0 Å². The van der Waals surface area contributed by atoms with Crippen LogP contribution in [0.5, 0.6) is 0 Å². The lowest BCUT2D eigenvalue weighted by Crippen LogP contribution is -2.50. The second-order valence-electron chi connectivity index (χ2n) is 5.67. The normalized spacial score (nSPS) is 22.4. The van der Waals surface area contributed by atoms with Gasteiger partial charge in [0.1, 0.15) is 5.60 Å². The van der Waals surface area contributed by atoms with Crippen molar-refractivity contribution in [3.8, 4) is 5.69 Å².